The Morgan fingerprint density at radius 2 is 1.97 bits per heavy atom. The standard InChI is InChI=1S/C25H31NO5/c1-15-21(24(28)31-14-18-6-5-11-30-18)22(16-7-9-17(29-4)10-8-16)23-19(26-15)12-25(2,3)13-20(23)27/h7-10,18,22,26H,5-6,11-14H2,1-4H3. The zero-order chi connectivity index (χ0) is 22.2. The number of carbonyl (C=O) groups is 2. The van der Waals surface area contributed by atoms with Gasteiger partial charge in [-0.3, -0.25) is 4.79 Å². The van der Waals surface area contributed by atoms with Crippen molar-refractivity contribution in [3.8, 4) is 5.75 Å². The molecule has 4 rings (SSSR count). The number of carbonyl (C=O) groups excluding carboxylic acids is 2. The van der Waals surface area contributed by atoms with Crippen molar-refractivity contribution in [2.75, 3.05) is 20.3 Å². The summed E-state index contributed by atoms with van der Waals surface area (Å²) < 4.78 is 16.6. The lowest BCUT2D eigenvalue weighted by Crippen LogP contribution is -2.39. The van der Waals surface area contributed by atoms with Crippen LogP contribution in [0.5, 0.6) is 5.75 Å². The number of ketones is 1. The molecule has 0 bridgehead atoms. The van der Waals surface area contributed by atoms with Crippen LogP contribution in [0.2, 0.25) is 0 Å². The van der Waals surface area contributed by atoms with E-state index in [9.17, 15) is 9.59 Å². The van der Waals surface area contributed by atoms with Crippen molar-refractivity contribution in [2.24, 2.45) is 5.41 Å². The third-order valence-electron chi connectivity index (χ3n) is 6.33. The monoisotopic (exact) mass is 425 g/mol. The van der Waals surface area contributed by atoms with E-state index in [0.29, 0.717) is 24.2 Å². The smallest absolute Gasteiger partial charge is 0.336 e. The first-order valence-corrected chi connectivity index (χ1v) is 11.0. The van der Waals surface area contributed by atoms with Crippen molar-refractivity contribution in [3.05, 3.63) is 52.4 Å². The molecule has 3 aliphatic rings. The topological polar surface area (TPSA) is 73.9 Å². The number of dihydropyridines is 1. The molecule has 2 heterocycles. The van der Waals surface area contributed by atoms with Crippen LogP contribution in [0.4, 0.5) is 0 Å². The molecule has 2 atom stereocenters. The molecule has 6 heteroatoms. The van der Waals surface area contributed by atoms with Crippen LogP contribution in [0.1, 0.15) is 57.9 Å². The number of hydrogen-bond acceptors (Lipinski definition) is 6. The Labute approximate surface area is 183 Å². The van der Waals surface area contributed by atoms with E-state index in [4.69, 9.17) is 14.2 Å². The minimum absolute atomic E-state index is 0.0484. The van der Waals surface area contributed by atoms with E-state index in [1.165, 1.54) is 0 Å². The highest BCUT2D eigenvalue weighted by atomic mass is 16.6. The van der Waals surface area contributed by atoms with E-state index in [-0.39, 0.29) is 23.9 Å². The normalized spacial score (nSPS) is 25.2. The molecule has 1 saturated heterocycles. The number of methoxy groups -OCH3 is 1. The summed E-state index contributed by atoms with van der Waals surface area (Å²) in [6, 6.07) is 7.57. The van der Waals surface area contributed by atoms with Crippen LogP contribution in [0, 0.1) is 5.41 Å². The van der Waals surface area contributed by atoms with E-state index >= 15 is 0 Å². The van der Waals surface area contributed by atoms with Crippen molar-refractivity contribution < 1.29 is 23.8 Å². The van der Waals surface area contributed by atoms with Crippen LogP contribution in [0.25, 0.3) is 0 Å². The van der Waals surface area contributed by atoms with Crippen molar-refractivity contribution in [1.29, 1.82) is 0 Å². The minimum atomic E-state index is -0.456. The number of hydrogen-bond donors (Lipinski definition) is 1. The fourth-order valence-electron chi connectivity index (χ4n) is 4.86. The summed E-state index contributed by atoms with van der Waals surface area (Å²) in [4.78, 5) is 26.5. The summed E-state index contributed by atoms with van der Waals surface area (Å²) in [6.45, 7) is 7.03. The van der Waals surface area contributed by atoms with E-state index in [0.717, 1.165) is 42.0 Å². The van der Waals surface area contributed by atoms with Gasteiger partial charge in [0.25, 0.3) is 0 Å². The quantitative estimate of drug-likeness (QED) is 0.719. The van der Waals surface area contributed by atoms with Crippen LogP contribution in [-0.2, 0) is 19.1 Å². The molecule has 0 amide bonds. The molecule has 1 fully saturated rings. The molecule has 0 aromatic heterocycles. The van der Waals surface area contributed by atoms with Gasteiger partial charge in [-0.15, -0.1) is 0 Å². The maximum atomic E-state index is 13.3. The number of benzene rings is 1. The molecule has 1 aliphatic carbocycles. The van der Waals surface area contributed by atoms with Crippen LogP contribution < -0.4 is 10.1 Å². The van der Waals surface area contributed by atoms with Crippen LogP contribution in [0.3, 0.4) is 0 Å². The Morgan fingerprint density at radius 1 is 1.23 bits per heavy atom. The number of nitrogens with one attached hydrogen (secondary N) is 1. The maximum Gasteiger partial charge on any atom is 0.336 e. The van der Waals surface area contributed by atoms with Gasteiger partial charge in [0, 0.05) is 35.9 Å². The Balaban J connectivity index is 1.71. The zero-order valence-electron chi connectivity index (χ0n) is 18.7. The van der Waals surface area contributed by atoms with Crippen LogP contribution in [0.15, 0.2) is 46.8 Å². The molecule has 1 aromatic rings. The van der Waals surface area contributed by atoms with Gasteiger partial charge in [-0.2, -0.15) is 0 Å². The molecule has 0 radical (unpaired) electrons. The first-order valence-electron chi connectivity index (χ1n) is 11.0. The molecule has 0 spiro atoms. The summed E-state index contributed by atoms with van der Waals surface area (Å²) >= 11 is 0. The average molecular weight is 426 g/mol. The second-order valence-corrected chi connectivity index (χ2v) is 9.44. The summed E-state index contributed by atoms with van der Waals surface area (Å²) in [7, 11) is 1.62. The van der Waals surface area contributed by atoms with Gasteiger partial charge in [0.2, 0.25) is 0 Å². The number of Topliss-reactive ketones (excluding diaryl/α,β-unsaturated/α-hetero) is 1. The molecular weight excluding hydrogens is 394 g/mol. The molecule has 1 aromatic carbocycles. The van der Waals surface area contributed by atoms with Gasteiger partial charge < -0.3 is 19.5 Å². The Kier molecular flexibility index (Phi) is 5.93. The largest absolute Gasteiger partial charge is 0.497 e. The van der Waals surface area contributed by atoms with Gasteiger partial charge in [0.1, 0.15) is 12.4 Å². The van der Waals surface area contributed by atoms with Gasteiger partial charge in [-0.1, -0.05) is 26.0 Å². The highest BCUT2D eigenvalue weighted by Gasteiger charge is 2.43. The van der Waals surface area contributed by atoms with Crippen molar-refractivity contribution >= 4 is 11.8 Å². The molecular formula is C25H31NO5. The number of esters is 1. The first kappa shape index (κ1) is 21.6. The highest BCUT2D eigenvalue weighted by molar-refractivity contribution is 6.04. The SMILES string of the molecule is COc1ccc(C2C(C(=O)OCC3CCCO3)=C(C)NC3=C2C(=O)CC(C)(C)C3)cc1. The summed E-state index contributed by atoms with van der Waals surface area (Å²) in [5, 5.41) is 3.37. The molecule has 0 saturated carbocycles. The Hall–Kier alpha value is -2.60. The van der Waals surface area contributed by atoms with Crippen molar-refractivity contribution in [3.63, 3.8) is 0 Å². The fraction of sp³-hybridized carbons (Fsp3) is 0.520. The number of ether oxygens (including phenoxy) is 3. The second-order valence-electron chi connectivity index (χ2n) is 9.44. The zero-order valence-corrected chi connectivity index (χ0v) is 18.7. The fourth-order valence-corrected chi connectivity index (χ4v) is 4.86. The van der Waals surface area contributed by atoms with Crippen molar-refractivity contribution in [2.45, 2.75) is 58.5 Å². The lowest BCUT2D eigenvalue weighted by Gasteiger charge is -2.39. The third-order valence-corrected chi connectivity index (χ3v) is 6.33. The minimum Gasteiger partial charge on any atom is -0.497 e. The molecule has 1 N–H and O–H groups in total. The average Bonchev–Trinajstić information content (AvgIpc) is 3.24. The van der Waals surface area contributed by atoms with Crippen LogP contribution >= 0.6 is 0 Å². The van der Waals surface area contributed by atoms with E-state index < -0.39 is 11.9 Å². The lowest BCUT2D eigenvalue weighted by atomic mass is 9.68. The second kappa shape index (κ2) is 8.50. The van der Waals surface area contributed by atoms with Gasteiger partial charge in [0.05, 0.1) is 18.8 Å². The van der Waals surface area contributed by atoms with Gasteiger partial charge >= 0.3 is 5.97 Å². The Bertz CT molecular complexity index is 935. The van der Waals surface area contributed by atoms with Gasteiger partial charge in [-0.25, -0.2) is 4.79 Å². The summed E-state index contributed by atoms with van der Waals surface area (Å²) in [5.41, 5.74) is 3.59. The predicted octanol–water partition coefficient (Wildman–Crippen LogP) is 4.02. The molecule has 31 heavy (non-hydrogen) atoms. The summed E-state index contributed by atoms with van der Waals surface area (Å²) in [6.07, 6.45) is 3.05. The predicted molar refractivity (Wildman–Crippen MR) is 117 cm³/mol. The molecule has 2 unspecified atom stereocenters. The Morgan fingerprint density at radius 3 is 2.61 bits per heavy atom. The molecule has 6 nitrogen and oxygen atoms in total. The number of allylic oxidation sites excluding steroid dienone is 3. The van der Waals surface area contributed by atoms with Gasteiger partial charge in [-0.05, 0) is 49.3 Å². The highest BCUT2D eigenvalue weighted by Crippen LogP contribution is 2.47. The van der Waals surface area contributed by atoms with Crippen LogP contribution in [-0.4, -0.2) is 38.2 Å². The van der Waals surface area contributed by atoms with E-state index in [1.54, 1.807) is 7.11 Å². The first-order chi connectivity index (χ1) is 14.8. The van der Waals surface area contributed by atoms with Crippen molar-refractivity contribution in [1.82, 2.24) is 5.32 Å². The summed E-state index contributed by atoms with van der Waals surface area (Å²) in [5.74, 6) is -0.0454. The van der Waals surface area contributed by atoms with Gasteiger partial charge in [0.15, 0.2) is 5.78 Å². The van der Waals surface area contributed by atoms with E-state index in [2.05, 4.69) is 19.2 Å². The third kappa shape index (κ3) is 4.40. The maximum absolute atomic E-state index is 13.3. The molecule has 2 aliphatic heterocycles. The lowest BCUT2D eigenvalue weighted by molar-refractivity contribution is -0.142. The van der Waals surface area contributed by atoms with E-state index in [1.807, 2.05) is 31.2 Å². The molecule has 166 valence electrons. The number of rotatable bonds is 5.